The minimum Gasteiger partial charge on any atom is -0.480 e. The molecule has 1 saturated carbocycles. The second-order valence-corrected chi connectivity index (χ2v) is 6.46. The van der Waals surface area contributed by atoms with E-state index in [2.05, 4.69) is 5.32 Å². The molecule has 0 bridgehead atoms. The van der Waals surface area contributed by atoms with Gasteiger partial charge in [0, 0.05) is 12.6 Å². The third-order valence-corrected chi connectivity index (χ3v) is 4.45. The second-order valence-electron chi connectivity index (χ2n) is 6.46. The van der Waals surface area contributed by atoms with Crippen molar-refractivity contribution in [3.8, 4) is 0 Å². The first kappa shape index (κ1) is 14.2. The molecule has 0 spiro atoms. The van der Waals surface area contributed by atoms with E-state index in [1.807, 2.05) is 13.8 Å². The summed E-state index contributed by atoms with van der Waals surface area (Å²) >= 11 is 0. The Morgan fingerprint density at radius 1 is 1.21 bits per heavy atom. The van der Waals surface area contributed by atoms with Crippen LogP contribution < -0.4 is 5.32 Å². The van der Waals surface area contributed by atoms with Crippen molar-refractivity contribution in [3.05, 3.63) is 0 Å². The summed E-state index contributed by atoms with van der Waals surface area (Å²) in [6.45, 7) is 4.40. The van der Waals surface area contributed by atoms with Crippen LogP contribution in [0.3, 0.4) is 0 Å². The molecule has 1 aliphatic carbocycles. The number of piperidine rings is 1. The van der Waals surface area contributed by atoms with Crippen LogP contribution >= 0.6 is 0 Å². The topological polar surface area (TPSA) is 69.6 Å². The summed E-state index contributed by atoms with van der Waals surface area (Å²) in [4.78, 5) is 25.3. The molecule has 1 atom stereocenters. The van der Waals surface area contributed by atoms with Crippen LogP contribution in [0.15, 0.2) is 0 Å². The van der Waals surface area contributed by atoms with Crippen molar-refractivity contribution in [2.24, 2.45) is 5.41 Å². The van der Waals surface area contributed by atoms with E-state index in [0.29, 0.717) is 6.54 Å². The van der Waals surface area contributed by atoms with E-state index in [-0.39, 0.29) is 17.5 Å². The summed E-state index contributed by atoms with van der Waals surface area (Å²) in [6.07, 6.45) is 6.05. The lowest BCUT2D eigenvalue weighted by atomic mass is 9.76. The molecule has 2 rings (SSSR count). The van der Waals surface area contributed by atoms with Crippen molar-refractivity contribution in [1.82, 2.24) is 10.2 Å². The number of rotatable bonds is 2. The van der Waals surface area contributed by atoms with Gasteiger partial charge < -0.3 is 15.3 Å². The van der Waals surface area contributed by atoms with Crippen LogP contribution in [0.2, 0.25) is 0 Å². The van der Waals surface area contributed by atoms with Gasteiger partial charge in [-0.2, -0.15) is 0 Å². The molecule has 1 heterocycles. The smallest absolute Gasteiger partial charge is 0.327 e. The maximum absolute atomic E-state index is 12.3. The third-order valence-electron chi connectivity index (χ3n) is 4.45. The standard InChI is InChI=1S/C14H24N2O3/c1-14(2)8-5-9-16(11(14)12(17)18)13(19)15-10-6-3-4-7-10/h10-11H,3-9H2,1-2H3,(H,15,19)(H,17,18). The van der Waals surface area contributed by atoms with Crippen LogP contribution in [0.25, 0.3) is 0 Å². The molecule has 0 aromatic rings. The quantitative estimate of drug-likeness (QED) is 0.806. The Balaban J connectivity index is 2.07. The Kier molecular flexibility index (Phi) is 4.02. The number of urea groups is 1. The molecule has 2 fully saturated rings. The first-order chi connectivity index (χ1) is 8.92. The Hall–Kier alpha value is -1.26. The fourth-order valence-corrected chi connectivity index (χ4v) is 3.41. The van der Waals surface area contributed by atoms with E-state index >= 15 is 0 Å². The highest BCUT2D eigenvalue weighted by Gasteiger charge is 2.44. The highest BCUT2D eigenvalue weighted by Crippen LogP contribution is 2.35. The number of carboxylic acids is 1. The monoisotopic (exact) mass is 268 g/mol. The van der Waals surface area contributed by atoms with Gasteiger partial charge in [0.25, 0.3) is 0 Å². The number of nitrogens with one attached hydrogen (secondary N) is 1. The van der Waals surface area contributed by atoms with Gasteiger partial charge in [-0.05, 0) is 31.1 Å². The van der Waals surface area contributed by atoms with Crippen molar-refractivity contribution in [2.75, 3.05) is 6.54 Å². The molecule has 1 aliphatic heterocycles. The van der Waals surface area contributed by atoms with Crippen molar-refractivity contribution >= 4 is 12.0 Å². The predicted molar refractivity (Wildman–Crippen MR) is 71.9 cm³/mol. The van der Waals surface area contributed by atoms with E-state index in [1.165, 1.54) is 4.90 Å². The van der Waals surface area contributed by atoms with Gasteiger partial charge in [-0.15, -0.1) is 0 Å². The maximum Gasteiger partial charge on any atom is 0.327 e. The third kappa shape index (κ3) is 3.01. The average molecular weight is 268 g/mol. The van der Waals surface area contributed by atoms with Gasteiger partial charge in [-0.25, -0.2) is 9.59 Å². The average Bonchev–Trinajstić information content (AvgIpc) is 2.79. The molecule has 0 aromatic heterocycles. The maximum atomic E-state index is 12.3. The molecule has 2 N–H and O–H groups in total. The lowest BCUT2D eigenvalue weighted by Gasteiger charge is -2.44. The molecule has 1 unspecified atom stereocenters. The van der Waals surface area contributed by atoms with Crippen LogP contribution in [0.4, 0.5) is 4.79 Å². The summed E-state index contributed by atoms with van der Waals surface area (Å²) in [6, 6.07) is -0.693. The van der Waals surface area contributed by atoms with E-state index < -0.39 is 12.0 Å². The van der Waals surface area contributed by atoms with Gasteiger partial charge in [0.15, 0.2) is 0 Å². The highest BCUT2D eigenvalue weighted by molar-refractivity contribution is 5.83. The lowest BCUT2D eigenvalue weighted by molar-refractivity contribution is -0.148. The Morgan fingerprint density at radius 2 is 1.84 bits per heavy atom. The second kappa shape index (κ2) is 5.39. The number of hydrogen-bond acceptors (Lipinski definition) is 2. The van der Waals surface area contributed by atoms with E-state index in [9.17, 15) is 14.7 Å². The Morgan fingerprint density at radius 3 is 2.42 bits per heavy atom. The van der Waals surface area contributed by atoms with Gasteiger partial charge in [0.2, 0.25) is 0 Å². The Labute approximate surface area is 114 Å². The van der Waals surface area contributed by atoms with Gasteiger partial charge >= 0.3 is 12.0 Å². The highest BCUT2D eigenvalue weighted by atomic mass is 16.4. The van der Waals surface area contributed by atoms with Crippen molar-refractivity contribution < 1.29 is 14.7 Å². The molecule has 0 aromatic carbocycles. The molecule has 1 saturated heterocycles. The zero-order chi connectivity index (χ0) is 14.0. The molecule has 0 radical (unpaired) electrons. The fourth-order valence-electron chi connectivity index (χ4n) is 3.41. The van der Waals surface area contributed by atoms with Gasteiger partial charge in [0.05, 0.1) is 0 Å². The first-order valence-electron chi connectivity index (χ1n) is 7.22. The number of amides is 2. The molecular weight excluding hydrogens is 244 g/mol. The SMILES string of the molecule is CC1(C)CCCN(C(=O)NC2CCCC2)C1C(=O)O. The predicted octanol–water partition coefficient (Wildman–Crippen LogP) is 2.21. The van der Waals surface area contributed by atoms with Gasteiger partial charge in [0.1, 0.15) is 6.04 Å². The fraction of sp³-hybridized carbons (Fsp3) is 0.857. The summed E-state index contributed by atoms with van der Waals surface area (Å²) in [5.74, 6) is -0.897. The van der Waals surface area contributed by atoms with Crippen LogP contribution in [-0.2, 0) is 4.79 Å². The molecule has 19 heavy (non-hydrogen) atoms. The lowest BCUT2D eigenvalue weighted by Crippen LogP contribution is -2.59. The van der Waals surface area contributed by atoms with Gasteiger partial charge in [-0.3, -0.25) is 0 Å². The van der Waals surface area contributed by atoms with E-state index in [0.717, 1.165) is 38.5 Å². The van der Waals surface area contributed by atoms with Gasteiger partial charge in [-0.1, -0.05) is 26.7 Å². The normalized spacial score (nSPS) is 27.3. The molecule has 2 amide bonds. The van der Waals surface area contributed by atoms with E-state index in [1.54, 1.807) is 0 Å². The van der Waals surface area contributed by atoms with Crippen LogP contribution in [0.1, 0.15) is 52.4 Å². The number of carbonyl (C=O) groups is 2. The zero-order valence-corrected chi connectivity index (χ0v) is 11.8. The number of likely N-dealkylation sites (tertiary alicyclic amines) is 1. The number of nitrogens with zero attached hydrogens (tertiary/aromatic N) is 1. The number of carbonyl (C=O) groups excluding carboxylic acids is 1. The summed E-state index contributed by atoms with van der Waals surface area (Å²) < 4.78 is 0. The largest absolute Gasteiger partial charge is 0.480 e. The molecular formula is C14H24N2O3. The first-order valence-corrected chi connectivity index (χ1v) is 7.22. The van der Waals surface area contributed by atoms with Crippen molar-refractivity contribution in [1.29, 1.82) is 0 Å². The minimum atomic E-state index is -0.897. The van der Waals surface area contributed by atoms with Crippen LogP contribution in [0.5, 0.6) is 0 Å². The molecule has 5 heteroatoms. The summed E-state index contributed by atoms with van der Waals surface area (Å²) in [5.41, 5.74) is -0.364. The number of hydrogen-bond donors (Lipinski definition) is 2. The number of carboxylic acid groups (broad SMARTS) is 1. The summed E-state index contributed by atoms with van der Waals surface area (Å²) in [5, 5.41) is 12.4. The van der Waals surface area contributed by atoms with Crippen molar-refractivity contribution in [3.63, 3.8) is 0 Å². The Bertz CT molecular complexity index is 362. The van der Waals surface area contributed by atoms with Crippen LogP contribution in [-0.4, -0.2) is 40.6 Å². The molecule has 2 aliphatic rings. The van der Waals surface area contributed by atoms with E-state index in [4.69, 9.17) is 0 Å². The zero-order valence-electron chi connectivity index (χ0n) is 11.8. The van der Waals surface area contributed by atoms with Crippen LogP contribution in [0, 0.1) is 5.41 Å². The molecule has 108 valence electrons. The molecule has 5 nitrogen and oxygen atoms in total. The van der Waals surface area contributed by atoms with Crippen molar-refractivity contribution in [2.45, 2.75) is 64.5 Å². The summed E-state index contributed by atoms with van der Waals surface area (Å²) in [7, 11) is 0. The number of aliphatic carboxylic acids is 1. The minimum absolute atomic E-state index is 0.202.